The number of rotatable bonds is 9. The van der Waals surface area contributed by atoms with Crippen LogP contribution in [0.1, 0.15) is 72.6 Å². The SMILES string of the molecule is CCCCCCC(C)CC(C)C(O)CC.O=C(O)O. The highest BCUT2D eigenvalue weighted by molar-refractivity contribution is 5.53. The number of aliphatic hydroxyl groups excluding tert-OH is 1. The summed E-state index contributed by atoms with van der Waals surface area (Å²) in [5.41, 5.74) is 0. The van der Waals surface area contributed by atoms with E-state index in [1.54, 1.807) is 0 Å². The molecule has 0 bridgehead atoms. The maximum atomic E-state index is 9.68. The van der Waals surface area contributed by atoms with E-state index in [1.807, 2.05) is 0 Å². The van der Waals surface area contributed by atoms with E-state index in [-0.39, 0.29) is 6.10 Å². The van der Waals surface area contributed by atoms with Crippen molar-refractivity contribution in [1.82, 2.24) is 0 Å². The molecule has 4 heteroatoms. The minimum absolute atomic E-state index is 0.0944. The van der Waals surface area contributed by atoms with Gasteiger partial charge < -0.3 is 15.3 Å². The van der Waals surface area contributed by atoms with Gasteiger partial charge in [-0.3, -0.25) is 0 Å². The van der Waals surface area contributed by atoms with Crippen LogP contribution >= 0.6 is 0 Å². The molecule has 0 saturated heterocycles. The van der Waals surface area contributed by atoms with Gasteiger partial charge in [0.05, 0.1) is 6.10 Å². The van der Waals surface area contributed by atoms with Crippen molar-refractivity contribution in [3.05, 3.63) is 0 Å². The molecule has 19 heavy (non-hydrogen) atoms. The largest absolute Gasteiger partial charge is 0.503 e. The molecule has 3 unspecified atom stereocenters. The molecular weight excluding hydrogens is 244 g/mol. The average Bonchev–Trinajstić information content (AvgIpc) is 2.32. The zero-order chi connectivity index (χ0) is 15.3. The highest BCUT2D eigenvalue weighted by Crippen LogP contribution is 2.21. The van der Waals surface area contributed by atoms with Crippen molar-refractivity contribution < 1.29 is 20.1 Å². The molecule has 116 valence electrons. The number of carboxylic acid groups (broad SMARTS) is 2. The number of carbonyl (C=O) groups is 1. The van der Waals surface area contributed by atoms with Crippen LogP contribution in [-0.2, 0) is 0 Å². The summed E-state index contributed by atoms with van der Waals surface area (Å²) in [5.74, 6) is 1.24. The molecule has 0 aliphatic carbocycles. The quantitative estimate of drug-likeness (QED) is 0.537. The van der Waals surface area contributed by atoms with Crippen molar-refractivity contribution in [2.75, 3.05) is 0 Å². The Bertz CT molecular complexity index is 202. The molecule has 0 radical (unpaired) electrons. The summed E-state index contributed by atoms with van der Waals surface area (Å²) >= 11 is 0. The summed E-state index contributed by atoms with van der Waals surface area (Å²) in [5, 5.41) is 23.6. The van der Waals surface area contributed by atoms with Crippen LogP contribution in [0, 0.1) is 11.8 Å². The van der Waals surface area contributed by atoms with Gasteiger partial charge in [-0.15, -0.1) is 0 Å². The van der Waals surface area contributed by atoms with Crippen molar-refractivity contribution in [2.24, 2.45) is 11.8 Å². The zero-order valence-electron chi connectivity index (χ0n) is 12.9. The Morgan fingerprint density at radius 2 is 1.58 bits per heavy atom. The second-order valence-electron chi connectivity index (χ2n) is 5.43. The van der Waals surface area contributed by atoms with E-state index >= 15 is 0 Å². The Morgan fingerprint density at radius 1 is 1.05 bits per heavy atom. The third kappa shape index (κ3) is 17.2. The molecule has 0 fully saturated rings. The Kier molecular flexibility index (Phi) is 14.8. The van der Waals surface area contributed by atoms with Crippen LogP contribution in [0.5, 0.6) is 0 Å². The van der Waals surface area contributed by atoms with Gasteiger partial charge in [0, 0.05) is 0 Å². The summed E-state index contributed by atoms with van der Waals surface area (Å²) in [6, 6.07) is 0. The molecule has 0 rings (SSSR count). The predicted octanol–water partition coefficient (Wildman–Crippen LogP) is 4.61. The first kappa shape index (κ1) is 20.5. The molecule has 4 nitrogen and oxygen atoms in total. The normalized spacial score (nSPS) is 15.0. The van der Waals surface area contributed by atoms with Crippen LogP contribution in [-0.4, -0.2) is 27.6 Å². The van der Waals surface area contributed by atoms with Gasteiger partial charge in [0.2, 0.25) is 0 Å². The summed E-state index contributed by atoms with van der Waals surface area (Å²) in [6.45, 7) is 8.82. The fourth-order valence-corrected chi connectivity index (χ4v) is 2.23. The van der Waals surface area contributed by atoms with E-state index in [0.717, 1.165) is 12.3 Å². The van der Waals surface area contributed by atoms with Gasteiger partial charge in [0.15, 0.2) is 0 Å². The summed E-state index contributed by atoms with van der Waals surface area (Å²) < 4.78 is 0. The standard InChI is InChI=1S/C14H30O.CH2O3/c1-5-7-8-9-10-12(3)11-13(4)14(15)6-2;2-1(3)4/h12-15H,5-11H2,1-4H3;(H2,2,3,4). The van der Waals surface area contributed by atoms with Crippen LogP contribution in [0.3, 0.4) is 0 Å². The monoisotopic (exact) mass is 276 g/mol. The molecule has 3 atom stereocenters. The zero-order valence-corrected chi connectivity index (χ0v) is 12.9. The Balaban J connectivity index is 0. The van der Waals surface area contributed by atoms with E-state index in [1.165, 1.54) is 38.5 Å². The highest BCUT2D eigenvalue weighted by Gasteiger charge is 2.15. The molecule has 0 amide bonds. The number of unbranched alkanes of at least 4 members (excludes halogenated alkanes) is 3. The van der Waals surface area contributed by atoms with Crippen LogP contribution < -0.4 is 0 Å². The number of hydrogen-bond acceptors (Lipinski definition) is 2. The first-order chi connectivity index (χ1) is 8.84. The Morgan fingerprint density at radius 3 is 2.00 bits per heavy atom. The molecule has 0 spiro atoms. The van der Waals surface area contributed by atoms with Crippen LogP contribution in [0.25, 0.3) is 0 Å². The summed E-state index contributed by atoms with van der Waals surface area (Å²) in [7, 11) is 0. The second kappa shape index (κ2) is 13.7. The van der Waals surface area contributed by atoms with Gasteiger partial charge in [-0.25, -0.2) is 4.79 Å². The number of hydrogen-bond donors (Lipinski definition) is 3. The van der Waals surface area contributed by atoms with E-state index in [4.69, 9.17) is 15.0 Å². The smallest absolute Gasteiger partial charge is 0.450 e. The minimum Gasteiger partial charge on any atom is -0.450 e. The van der Waals surface area contributed by atoms with Crippen molar-refractivity contribution in [1.29, 1.82) is 0 Å². The molecule has 0 aromatic heterocycles. The first-order valence-corrected chi connectivity index (χ1v) is 7.44. The maximum Gasteiger partial charge on any atom is 0.503 e. The summed E-state index contributed by atoms with van der Waals surface area (Å²) in [6.07, 6.45) is 6.92. The van der Waals surface area contributed by atoms with Crippen LogP contribution in [0.2, 0.25) is 0 Å². The lowest BCUT2D eigenvalue weighted by Gasteiger charge is -2.21. The fraction of sp³-hybridized carbons (Fsp3) is 0.933. The third-order valence-corrected chi connectivity index (χ3v) is 3.40. The maximum absolute atomic E-state index is 9.68. The lowest BCUT2D eigenvalue weighted by atomic mass is 9.89. The van der Waals surface area contributed by atoms with Gasteiger partial charge in [0.1, 0.15) is 0 Å². The van der Waals surface area contributed by atoms with Crippen molar-refractivity contribution >= 4 is 6.16 Å². The summed E-state index contributed by atoms with van der Waals surface area (Å²) in [4.78, 5) is 8.56. The Hall–Kier alpha value is -0.770. The molecule has 0 heterocycles. The van der Waals surface area contributed by atoms with E-state index < -0.39 is 6.16 Å². The van der Waals surface area contributed by atoms with E-state index in [2.05, 4.69) is 27.7 Å². The molecule has 0 aromatic carbocycles. The highest BCUT2D eigenvalue weighted by atomic mass is 16.6. The van der Waals surface area contributed by atoms with E-state index in [9.17, 15) is 5.11 Å². The molecule has 0 saturated carbocycles. The van der Waals surface area contributed by atoms with E-state index in [0.29, 0.717) is 5.92 Å². The fourth-order valence-electron chi connectivity index (χ4n) is 2.23. The lowest BCUT2D eigenvalue weighted by molar-refractivity contribution is 0.0983. The molecule has 3 N–H and O–H groups in total. The molecule has 0 aliphatic heterocycles. The van der Waals surface area contributed by atoms with Crippen LogP contribution in [0.15, 0.2) is 0 Å². The molecule has 0 aliphatic rings. The number of aliphatic hydroxyl groups is 1. The van der Waals surface area contributed by atoms with Gasteiger partial charge in [-0.1, -0.05) is 59.8 Å². The van der Waals surface area contributed by atoms with Crippen molar-refractivity contribution in [2.45, 2.75) is 78.7 Å². The van der Waals surface area contributed by atoms with Gasteiger partial charge in [-0.05, 0) is 24.7 Å². The average molecular weight is 276 g/mol. The topological polar surface area (TPSA) is 77.8 Å². The first-order valence-electron chi connectivity index (χ1n) is 7.44. The third-order valence-electron chi connectivity index (χ3n) is 3.40. The second-order valence-corrected chi connectivity index (χ2v) is 5.43. The van der Waals surface area contributed by atoms with Crippen molar-refractivity contribution in [3.63, 3.8) is 0 Å². The van der Waals surface area contributed by atoms with Gasteiger partial charge in [0.25, 0.3) is 0 Å². The van der Waals surface area contributed by atoms with Crippen molar-refractivity contribution in [3.8, 4) is 0 Å². The Labute approximate surface area is 117 Å². The predicted molar refractivity (Wildman–Crippen MR) is 78.7 cm³/mol. The van der Waals surface area contributed by atoms with Gasteiger partial charge >= 0.3 is 6.16 Å². The lowest BCUT2D eigenvalue weighted by Crippen LogP contribution is -2.18. The molecule has 0 aromatic rings. The van der Waals surface area contributed by atoms with Crippen LogP contribution in [0.4, 0.5) is 4.79 Å². The van der Waals surface area contributed by atoms with Gasteiger partial charge in [-0.2, -0.15) is 0 Å². The molecular formula is C15H32O4. The minimum atomic E-state index is -1.83.